The van der Waals surface area contributed by atoms with Gasteiger partial charge in [-0.05, 0) is 52.2 Å². The highest BCUT2D eigenvalue weighted by Gasteiger charge is 2.25. The number of hydrogen-bond donors (Lipinski definition) is 1. The maximum atomic E-state index is 12.1. The van der Waals surface area contributed by atoms with Gasteiger partial charge in [0.1, 0.15) is 10.8 Å². The molecular weight excluding hydrogens is 302 g/mol. The fourth-order valence-corrected chi connectivity index (χ4v) is 2.65. The number of amides is 1. The highest BCUT2D eigenvalue weighted by Crippen LogP contribution is 2.20. The molecule has 1 saturated heterocycles. The molecule has 1 unspecified atom stereocenters. The first kappa shape index (κ1) is 16.9. The molecule has 0 saturated carbocycles. The molecule has 2 heterocycles. The smallest absolute Gasteiger partial charge is 0.410 e. The summed E-state index contributed by atoms with van der Waals surface area (Å²) in [4.78, 5) is 17.9. The molecule has 1 fully saturated rings. The molecule has 0 spiro atoms. The number of nitrogens with zero attached hydrogens (tertiary/aromatic N) is 2. The molecule has 0 bridgehead atoms. The summed E-state index contributed by atoms with van der Waals surface area (Å²) in [7, 11) is 0. The van der Waals surface area contributed by atoms with Crippen LogP contribution in [0.1, 0.15) is 40.0 Å². The standard InChI is InChI=1S/C16H24ClN3O2/c1-16(2,3)22-15(21)20-9-4-5-12(7-10-20)19-13-6-8-18-14(17)11-13/h6,8,11-12H,4-5,7,9-10H2,1-3H3,(H,18,19). The summed E-state index contributed by atoms with van der Waals surface area (Å²) < 4.78 is 5.44. The number of halogens is 1. The van der Waals surface area contributed by atoms with Crippen LogP contribution in [-0.4, -0.2) is 40.7 Å². The molecule has 0 aromatic carbocycles. The van der Waals surface area contributed by atoms with Crippen LogP contribution in [0.3, 0.4) is 0 Å². The van der Waals surface area contributed by atoms with Crippen molar-refractivity contribution in [3.8, 4) is 0 Å². The van der Waals surface area contributed by atoms with Crippen molar-refractivity contribution < 1.29 is 9.53 Å². The van der Waals surface area contributed by atoms with E-state index in [1.165, 1.54) is 0 Å². The Morgan fingerprint density at radius 3 is 2.86 bits per heavy atom. The highest BCUT2D eigenvalue weighted by atomic mass is 35.5. The molecule has 1 amide bonds. The van der Waals surface area contributed by atoms with Crippen molar-refractivity contribution in [3.05, 3.63) is 23.5 Å². The fraction of sp³-hybridized carbons (Fsp3) is 0.625. The van der Waals surface area contributed by atoms with E-state index in [-0.39, 0.29) is 6.09 Å². The summed E-state index contributed by atoms with van der Waals surface area (Å²) in [6.07, 6.45) is 4.32. The Bertz CT molecular complexity index is 516. The molecule has 1 aromatic rings. The molecule has 22 heavy (non-hydrogen) atoms. The number of likely N-dealkylation sites (tertiary alicyclic amines) is 1. The lowest BCUT2D eigenvalue weighted by Gasteiger charge is -2.26. The molecular formula is C16H24ClN3O2. The van der Waals surface area contributed by atoms with E-state index >= 15 is 0 Å². The number of aromatic nitrogens is 1. The number of rotatable bonds is 2. The molecule has 0 radical (unpaired) electrons. The lowest BCUT2D eigenvalue weighted by atomic mass is 10.1. The lowest BCUT2D eigenvalue weighted by molar-refractivity contribution is 0.0256. The maximum Gasteiger partial charge on any atom is 0.410 e. The fourth-order valence-electron chi connectivity index (χ4n) is 2.48. The summed E-state index contributed by atoms with van der Waals surface area (Å²) in [6.45, 7) is 7.11. The Hall–Kier alpha value is -1.49. The summed E-state index contributed by atoms with van der Waals surface area (Å²) in [5.74, 6) is 0. The van der Waals surface area contributed by atoms with Crippen LogP contribution in [0.2, 0.25) is 5.15 Å². The van der Waals surface area contributed by atoms with Crippen molar-refractivity contribution in [3.63, 3.8) is 0 Å². The largest absolute Gasteiger partial charge is 0.444 e. The van der Waals surface area contributed by atoms with Crippen molar-refractivity contribution in [2.75, 3.05) is 18.4 Å². The Labute approximate surface area is 137 Å². The van der Waals surface area contributed by atoms with Crippen molar-refractivity contribution in [1.29, 1.82) is 0 Å². The average molecular weight is 326 g/mol. The SMILES string of the molecule is CC(C)(C)OC(=O)N1CCCC(Nc2ccnc(Cl)c2)CC1. The van der Waals surface area contributed by atoms with Crippen LogP contribution in [0.4, 0.5) is 10.5 Å². The number of pyridine rings is 1. The van der Waals surface area contributed by atoms with E-state index in [1.54, 1.807) is 11.1 Å². The maximum absolute atomic E-state index is 12.1. The van der Waals surface area contributed by atoms with Gasteiger partial charge in [0.05, 0.1) is 0 Å². The first-order chi connectivity index (χ1) is 10.3. The van der Waals surface area contributed by atoms with Crippen LogP contribution >= 0.6 is 11.6 Å². The Balaban J connectivity index is 1.88. The predicted octanol–water partition coefficient (Wildman–Crippen LogP) is 3.94. The van der Waals surface area contributed by atoms with Gasteiger partial charge in [0.15, 0.2) is 0 Å². The van der Waals surface area contributed by atoms with E-state index in [4.69, 9.17) is 16.3 Å². The second kappa shape index (κ2) is 7.18. The van der Waals surface area contributed by atoms with Crippen molar-refractivity contribution >= 4 is 23.4 Å². The van der Waals surface area contributed by atoms with Gasteiger partial charge in [-0.15, -0.1) is 0 Å². The van der Waals surface area contributed by atoms with Gasteiger partial charge in [-0.1, -0.05) is 11.6 Å². The monoisotopic (exact) mass is 325 g/mol. The minimum Gasteiger partial charge on any atom is -0.444 e. The number of carbonyl (C=O) groups excluding carboxylic acids is 1. The van der Waals surface area contributed by atoms with E-state index in [0.29, 0.717) is 17.7 Å². The van der Waals surface area contributed by atoms with E-state index < -0.39 is 5.60 Å². The minimum absolute atomic E-state index is 0.222. The zero-order valence-corrected chi connectivity index (χ0v) is 14.2. The summed E-state index contributed by atoms with van der Waals surface area (Å²) in [5, 5.41) is 3.95. The molecule has 1 N–H and O–H groups in total. The minimum atomic E-state index is -0.450. The number of anilines is 1. The summed E-state index contributed by atoms with van der Waals surface area (Å²) in [6, 6.07) is 4.05. The van der Waals surface area contributed by atoms with Gasteiger partial charge in [0, 0.05) is 31.0 Å². The van der Waals surface area contributed by atoms with Gasteiger partial charge in [0.25, 0.3) is 0 Å². The number of carbonyl (C=O) groups is 1. The number of hydrogen-bond acceptors (Lipinski definition) is 4. The molecule has 2 rings (SSSR count). The lowest BCUT2D eigenvalue weighted by Crippen LogP contribution is -2.37. The third-order valence-electron chi connectivity index (χ3n) is 3.48. The van der Waals surface area contributed by atoms with Crippen molar-refractivity contribution in [2.45, 2.75) is 51.7 Å². The summed E-state index contributed by atoms with van der Waals surface area (Å²) in [5.41, 5.74) is 0.519. The van der Waals surface area contributed by atoms with Crippen LogP contribution in [0, 0.1) is 0 Å². The van der Waals surface area contributed by atoms with E-state index in [9.17, 15) is 4.79 Å². The van der Waals surface area contributed by atoms with Gasteiger partial charge >= 0.3 is 6.09 Å². The Morgan fingerprint density at radius 1 is 1.41 bits per heavy atom. The molecule has 6 heteroatoms. The van der Waals surface area contributed by atoms with Gasteiger partial charge in [-0.25, -0.2) is 9.78 Å². The zero-order valence-electron chi connectivity index (χ0n) is 13.4. The van der Waals surface area contributed by atoms with E-state index in [2.05, 4.69) is 10.3 Å². The third kappa shape index (κ3) is 5.37. The van der Waals surface area contributed by atoms with Gasteiger partial charge in [-0.2, -0.15) is 0 Å². The first-order valence-electron chi connectivity index (χ1n) is 7.69. The van der Waals surface area contributed by atoms with Gasteiger partial charge in [-0.3, -0.25) is 0 Å². The quantitative estimate of drug-likeness (QED) is 0.837. The Kier molecular flexibility index (Phi) is 5.51. The second-order valence-electron chi connectivity index (χ2n) is 6.61. The highest BCUT2D eigenvalue weighted by molar-refractivity contribution is 6.29. The van der Waals surface area contributed by atoms with Crippen molar-refractivity contribution in [2.24, 2.45) is 0 Å². The van der Waals surface area contributed by atoms with Gasteiger partial charge < -0.3 is 15.0 Å². The zero-order chi connectivity index (χ0) is 16.2. The van der Waals surface area contributed by atoms with Crippen LogP contribution in [0.5, 0.6) is 0 Å². The molecule has 1 aliphatic rings. The third-order valence-corrected chi connectivity index (χ3v) is 3.68. The molecule has 0 aliphatic carbocycles. The normalized spacial score (nSPS) is 19.5. The molecule has 1 atom stereocenters. The Morgan fingerprint density at radius 2 is 2.18 bits per heavy atom. The number of nitrogens with one attached hydrogen (secondary N) is 1. The molecule has 122 valence electrons. The summed E-state index contributed by atoms with van der Waals surface area (Å²) >= 11 is 5.90. The van der Waals surface area contributed by atoms with Crippen LogP contribution in [-0.2, 0) is 4.74 Å². The van der Waals surface area contributed by atoms with Crippen LogP contribution in [0.15, 0.2) is 18.3 Å². The van der Waals surface area contributed by atoms with Crippen molar-refractivity contribution in [1.82, 2.24) is 9.88 Å². The predicted molar refractivity (Wildman–Crippen MR) is 88.3 cm³/mol. The van der Waals surface area contributed by atoms with Crippen LogP contribution < -0.4 is 5.32 Å². The first-order valence-corrected chi connectivity index (χ1v) is 8.07. The van der Waals surface area contributed by atoms with Gasteiger partial charge in [0.2, 0.25) is 0 Å². The molecule has 1 aromatic heterocycles. The second-order valence-corrected chi connectivity index (χ2v) is 6.99. The average Bonchev–Trinajstić information content (AvgIpc) is 2.62. The topological polar surface area (TPSA) is 54.5 Å². The number of ether oxygens (including phenoxy) is 1. The van der Waals surface area contributed by atoms with Crippen LogP contribution in [0.25, 0.3) is 0 Å². The van der Waals surface area contributed by atoms with E-state index in [0.717, 1.165) is 31.5 Å². The van der Waals surface area contributed by atoms with E-state index in [1.807, 2.05) is 32.9 Å². The molecule has 1 aliphatic heterocycles. The molecule has 5 nitrogen and oxygen atoms in total.